The fraction of sp³-hybridized carbons (Fsp3) is 0.0455. The van der Waals surface area contributed by atoms with Gasteiger partial charge < -0.3 is 9.47 Å². The molecule has 0 atom stereocenters. The van der Waals surface area contributed by atoms with E-state index in [0.717, 1.165) is 0 Å². The van der Waals surface area contributed by atoms with Crippen molar-refractivity contribution in [3.8, 4) is 11.5 Å². The third-order valence-electron chi connectivity index (χ3n) is 4.14. The van der Waals surface area contributed by atoms with E-state index in [1.807, 2.05) is 0 Å². The number of hydrazone groups is 1. The molecule has 0 aliphatic carbocycles. The van der Waals surface area contributed by atoms with Gasteiger partial charge in [0.05, 0.1) is 23.8 Å². The van der Waals surface area contributed by atoms with Gasteiger partial charge in [0.2, 0.25) is 0 Å². The van der Waals surface area contributed by atoms with Crippen LogP contribution in [0.1, 0.15) is 26.3 Å². The highest BCUT2D eigenvalue weighted by atomic mass is 16.6. The molecule has 0 saturated carbocycles. The zero-order valence-electron chi connectivity index (χ0n) is 16.3. The van der Waals surface area contributed by atoms with Crippen molar-refractivity contribution >= 4 is 23.8 Å². The number of hydrogen-bond donors (Lipinski definition) is 1. The number of esters is 1. The molecule has 9 nitrogen and oxygen atoms in total. The van der Waals surface area contributed by atoms with Crippen LogP contribution in [0.25, 0.3) is 0 Å². The number of nitro benzene ring substituents is 1. The van der Waals surface area contributed by atoms with E-state index in [1.165, 1.54) is 30.5 Å². The van der Waals surface area contributed by atoms with Crippen LogP contribution in [0.15, 0.2) is 77.9 Å². The summed E-state index contributed by atoms with van der Waals surface area (Å²) in [6.07, 6.45) is 1.42. The van der Waals surface area contributed by atoms with Gasteiger partial charge in [-0.1, -0.05) is 0 Å². The smallest absolute Gasteiger partial charge is 0.343 e. The summed E-state index contributed by atoms with van der Waals surface area (Å²) >= 11 is 0. The summed E-state index contributed by atoms with van der Waals surface area (Å²) < 4.78 is 10.4. The predicted octanol–water partition coefficient (Wildman–Crippen LogP) is 3.59. The number of benzene rings is 3. The molecule has 0 aliphatic rings. The second-order valence-electron chi connectivity index (χ2n) is 6.19. The molecule has 0 saturated heterocycles. The number of nitro groups is 1. The van der Waals surface area contributed by atoms with Gasteiger partial charge in [0.1, 0.15) is 11.5 Å². The molecule has 31 heavy (non-hydrogen) atoms. The predicted molar refractivity (Wildman–Crippen MR) is 113 cm³/mol. The zero-order chi connectivity index (χ0) is 22.2. The van der Waals surface area contributed by atoms with Crippen LogP contribution in [0.3, 0.4) is 0 Å². The van der Waals surface area contributed by atoms with Crippen LogP contribution in [0.5, 0.6) is 11.5 Å². The number of ether oxygens (including phenoxy) is 2. The summed E-state index contributed by atoms with van der Waals surface area (Å²) in [4.78, 5) is 34.3. The largest absolute Gasteiger partial charge is 0.497 e. The lowest BCUT2D eigenvalue weighted by Crippen LogP contribution is -2.17. The first-order chi connectivity index (χ1) is 15.0. The highest BCUT2D eigenvalue weighted by molar-refractivity contribution is 5.95. The number of methoxy groups -OCH3 is 1. The van der Waals surface area contributed by atoms with Crippen molar-refractivity contribution in [2.24, 2.45) is 5.10 Å². The Morgan fingerprint density at radius 3 is 2.06 bits per heavy atom. The number of hydrogen-bond acceptors (Lipinski definition) is 7. The monoisotopic (exact) mass is 419 g/mol. The molecule has 3 rings (SSSR count). The summed E-state index contributed by atoms with van der Waals surface area (Å²) in [5.74, 6) is -0.00985. The van der Waals surface area contributed by atoms with E-state index in [0.29, 0.717) is 22.6 Å². The Bertz CT molecular complexity index is 1110. The minimum atomic E-state index is -0.544. The molecule has 0 unspecified atom stereocenters. The lowest BCUT2D eigenvalue weighted by molar-refractivity contribution is -0.384. The van der Waals surface area contributed by atoms with Gasteiger partial charge >= 0.3 is 5.97 Å². The summed E-state index contributed by atoms with van der Waals surface area (Å²) in [5, 5.41) is 14.5. The van der Waals surface area contributed by atoms with E-state index in [1.54, 1.807) is 55.6 Å². The molecule has 0 heterocycles. The Balaban J connectivity index is 1.54. The zero-order valence-corrected chi connectivity index (χ0v) is 16.3. The van der Waals surface area contributed by atoms with Crippen molar-refractivity contribution in [3.63, 3.8) is 0 Å². The number of carbonyl (C=O) groups is 2. The number of carbonyl (C=O) groups excluding carboxylic acids is 2. The number of non-ortho nitro benzene ring substituents is 1. The van der Waals surface area contributed by atoms with E-state index in [9.17, 15) is 19.7 Å². The van der Waals surface area contributed by atoms with E-state index in [-0.39, 0.29) is 11.3 Å². The van der Waals surface area contributed by atoms with Crippen LogP contribution < -0.4 is 14.9 Å². The molecule has 3 aromatic carbocycles. The van der Waals surface area contributed by atoms with Gasteiger partial charge in [0.25, 0.3) is 11.6 Å². The highest BCUT2D eigenvalue weighted by Crippen LogP contribution is 2.16. The van der Waals surface area contributed by atoms with Crippen molar-refractivity contribution in [3.05, 3.63) is 99.6 Å². The van der Waals surface area contributed by atoms with E-state index in [4.69, 9.17) is 9.47 Å². The van der Waals surface area contributed by atoms with Crippen molar-refractivity contribution in [1.82, 2.24) is 5.43 Å². The van der Waals surface area contributed by atoms with Crippen LogP contribution >= 0.6 is 0 Å². The Hall–Kier alpha value is -4.53. The number of amides is 1. The second-order valence-corrected chi connectivity index (χ2v) is 6.19. The van der Waals surface area contributed by atoms with Crippen LogP contribution in [-0.2, 0) is 0 Å². The first-order valence-electron chi connectivity index (χ1n) is 9.00. The third kappa shape index (κ3) is 5.73. The van der Waals surface area contributed by atoms with Crippen LogP contribution in [-0.4, -0.2) is 30.1 Å². The molecular weight excluding hydrogens is 402 g/mol. The van der Waals surface area contributed by atoms with Crippen LogP contribution in [0, 0.1) is 10.1 Å². The molecular formula is C22H17N3O6. The molecule has 0 fully saturated rings. The quantitative estimate of drug-likeness (QED) is 0.205. The Morgan fingerprint density at radius 1 is 0.903 bits per heavy atom. The first kappa shape index (κ1) is 21.2. The average Bonchev–Trinajstić information content (AvgIpc) is 2.80. The van der Waals surface area contributed by atoms with E-state index in [2.05, 4.69) is 10.5 Å². The SMILES string of the molecule is COc1ccc(C(=O)Oc2ccc(/C=N/NC(=O)c3ccc([N+](=O)[O-])cc3)cc2)cc1. The fourth-order valence-corrected chi connectivity index (χ4v) is 2.48. The summed E-state index contributed by atoms with van der Waals surface area (Å²) in [6, 6.07) is 18.2. The molecule has 0 bridgehead atoms. The number of nitrogens with one attached hydrogen (secondary N) is 1. The van der Waals surface area contributed by atoms with E-state index < -0.39 is 16.8 Å². The van der Waals surface area contributed by atoms with Crippen molar-refractivity contribution < 1.29 is 24.0 Å². The van der Waals surface area contributed by atoms with Gasteiger partial charge in [-0.05, 0) is 66.2 Å². The highest BCUT2D eigenvalue weighted by Gasteiger charge is 2.10. The standard InChI is InChI=1S/C22H17N3O6/c1-30-19-12-6-17(7-13-19)22(27)31-20-10-2-15(3-11-20)14-23-24-21(26)16-4-8-18(9-5-16)25(28)29/h2-14H,1H3,(H,24,26)/b23-14+. The van der Waals surface area contributed by atoms with Crippen LogP contribution in [0.2, 0.25) is 0 Å². The molecule has 1 amide bonds. The Labute approximate surface area is 177 Å². The van der Waals surface area contributed by atoms with Gasteiger partial charge in [0, 0.05) is 17.7 Å². The second kappa shape index (κ2) is 9.79. The first-order valence-corrected chi connectivity index (χ1v) is 9.00. The molecule has 3 aromatic rings. The lowest BCUT2D eigenvalue weighted by atomic mass is 10.2. The summed E-state index contributed by atoms with van der Waals surface area (Å²) in [5.41, 5.74) is 3.52. The molecule has 0 aromatic heterocycles. The molecule has 1 N–H and O–H groups in total. The molecule has 156 valence electrons. The van der Waals surface area contributed by atoms with Gasteiger partial charge in [-0.2, -0.15) is 5.10 Å². The molecule has 0 spiro atoms. The maximum Gasteiger partial charge on any atom is 0.343 e. The van der Waals surface area contributed by atoms with Gasteiger partial charge in [-0.3, -0.25) is 14.9 Å². The molecule has 9 heteroatoms. The molecule has 0 aliphatic heterocycles. The normalized spacial score (nSPS) is 10.5. The maximum atomic E-state index is 12.2. The average molecular weight is 419 g/mol. The minimum Gasteiger partial charge on any atom is -0.497 e. The van der Waals surface area contributed by atoms with Gasteiger partial charge in [0.15, 0.2) is 0 Å². The maximum absolute atomic E-state index is 12.2. The Kier molecular flexibility index (Phi) is 6.69. The van der Waals surface area contributed by atoms with Gasteiger partial charge in [-0.25, -0.2) is 10.2 Å². The minimum absolute atomic E-state index is 0.104. The lowest BCUT2D eigenvalue weighted by Gasteiger charge is -2.05. The van der Waals surface area contributed by atoms with Crippen molar-refractivity contribution in [2.45, 2.75) is 0 Å². The van der Waals surface area contributed by atoms with Gasteiger partial charge in [-0.15, -0.1) is 0 Å². The van der Waals surface area contributed by atoms with Crippen molar-refractivity contribution in [2.75, 3.05) is 7.11 Å². The number of rotatable bonds is 7. The Morgan fingerprint density at radius 2 is 1.48 bits per heavy atom. The summed E-state index contributed by atoms with van der Waals surface area (Å²) in [6.45, 7) is 0. The number of nitrogens with zero attached hydrogens (tertiary/aromatic N) is 2. The van der Waals surface area contributed by atoms with E-state index >= 15 is 0 Å². The third-order valence-corrected chi connectivity index (χ3v) is 4.14. The topological polar surface area (TPSA) is 120 Å². The molecule has 0 radical (unpaired) electrons. The van der Waals surface area contributed by atoms with Crippen molar-refractivity contribution in [1.29, 1.82) is 0 Å². The summed E-state index contributed by atoms with van der Waals surface area (Å²) in [7, 11) is 1.54. The fourth-order valence-electron chi connectivity index (χ4n) is 2.48. The van der Waals surface area contributed by atoms with Crippen LogP contribution in [0.4, 0.5) is 5.69 Å².